The highest BCUT2D eigenvalue weighted by Gasteiger charge is 2.17. The van der Waals surface area contributed by atoms with Gasteiger partial charge in [-0.3, -0.25) is 0 Å². The molecule has 0 aliphatic carbocycles. The molecule has 0 radical (unpaired) electrons. The first kappa shape index (κ1) is 13.1. The minimum absolute atomic E-state index is 0.453. The molecule has 0 fully saturated rings. The molecule has 0 aromatic heterocycles. The van der Waals surface area contributed by atoms with E-state index < -0.39 is 29.1 Å². The summed E-state index contributed by atoms with van der Waals surface area (Å²) in [5, 5.41) is 8.71. The molecule has 0 saturated carbocycles. The van der Waals surface area contributed by atoms with E-state index in [0.717, 1.165) is 6.08 Å². The van der Waals surface area contributed by atoms with Gasteiger partial charge in [-0.1, -0.05) is 6.08 Å². The summed E-state index contributed by atoms with van der Waals surface area (Å²) in [4.78, 5) is 10.7. The first-order valence-electron chi connectivity index (χ1n) is 3.81. The molecule has 0 aromatic carbocycles. The molecule has 0 rings (SSSR count). The van der Waals surface area contributed by atoms with E-state index in [1.165, 1.54) is 19.9 Å². The Balaban J connectivity index is 4.15. The van der Waals surface area contributed by atoms with Crippen LogP contribution in [0.5, 0.6) is 0 Å². The van der Waals surface area contributed by atoms with Crippen molar-refractivity contribution in [2.24, 2.45) is 0 Å². The van der Waals surface area contributed by atoms with Gasteiger partial charge < -0.3 is 9.29 Å². The van der Waals surface area contributed by atoms with Crippen LogP contribution < -0.4 is 0 Å². The number of rotatable bonds is 5. The molecule has 82 valence electrons. The molecule has 0 aliphatic rings. The molecular weight excluding hydrogens is 212 g/mol. The van der Waals surface area contributed by atoms with E-state index in [4.69, 9.17) is 5.11 Å². The van der Waals surface area contributed by atoms with Gasteiger partial charge in [0.1, 0.15) is 0 Å². The van der Waals surface area contributed by atoms with Crippen molar-refractivity contribution < 1.29 is 26.7 Å². The molecule has 0 spiro atoms. The van der Waals surface area contributed by atoms with Crippen molar-refractivity contribution in [3.05, 3.63) is 12.2 Å². The van der Waals surface area contributed by atoms with Crippen molar-refractivity contribution in [2.75, 3.05) is 6.61 Å². The largest absolute Gasteiger partial charge is 0.451 e. The predicted molar refractivity (Wildman–Crippen MR) is 47.5 cm³/mol. The van der Waals surface area contributed by atoms with Gasteiger partial charge in [0.25, 0.3) is 0 Å². The van der Waals surface area contributed by atoms with Gasteiger partial charge in [0, 0.05) is 6.08 Å². The summed E-state index contributed by atoms with van der Waals surface area (Å²) in [6.07, 6.45) is 1.31. The molecule has 0 amide bonds. The molecule has 0 heterocycles. The summed E-state index contributed by atoms with van der Waals surface area (Å²) in [6.45, 7) is 2.42. The van der Waals surface area contributed by atoms with Crippen LogP contribution in [0, 0.1) is 0 Å². The third kappa shape index (κ3) is 6.58. The van der Waals surface area contributed by atoms with Crippen LogP contribution in [-0.4, -0.2) is 32.2 Å². The molecule has 14 heavy (non-hydrogen) atoms. The summed E-state index contributed by atoms with van der Waals surface area (Å²) >= 11 is 0. The van der Waals surface area contributed by atoms with E-state index in [1.54, 1.807) is 0 Å². The lowest BCUT2D eigenvalue weighted by molar-refractivity contribution is -0.129. The molecule has 6 nitrogen and oxygen atoms in total. The molecule has 1 unspecified atom stereocenters. The van der Waals surface area contributed by atoms with Crippen molar-refractivity contribution in [1.29, 1.82) is 0 Å². The maximum atomic E-state index is 10.8. The van der Waals surface area contributed by atoms with Crippen molar-refractivity contribution in [1.82, 2.24) is 0 Å². The van der Waals surface area contributed by atoms with Crippen LogP contribution in [0.25, 0.3) is 0 Å². The lowest BCUT2D eigenvalue weighted by atomic mass is 10.5. The minimum Gasteiger partial charge on any atom is -0.391 e. The average molecular weight is 224 g/mol. The van der Waals surface area contributed by atoms with Crippen LogP contribution in [0.2, 0.25) is 0 Å². The monoisotopic (exact) mass is 224 g/mol. The van der Waals surface area contributed by atoms with Gasteiger partial charge in [-0.15, -0.1) is 0 Å². The molecule has 0 bridgehead atoms. The minimum atomic E-state index is -4.36. The lowest BCUT2D eigenvalue weighted by Crippen LogP contribution is -2.19. The van der Waals surface area contributed by atoms with E-state index >= 15 is 0 Å². The number of hydrogen-bond acceptors (Lipinski definition) is 6. The van der Waals surface area contributed by atoms with E-state index in [1.807, 2.05) is 0 Å². The van der Waals surface area contributed by atoms with E-state index in [-0.39, 0.29) is 0 Å². The predicted octanol–water partition coefficient (Wildman–Crippen LogP) is -0.252. The van der Waals surface area contributed by atoms with Gasteiger partial charge in [-0.2, -0.15) is 8.42 Å². The maximum Gasteiger partial charge on any atom is 0.451 e. The number of allylic oxidation sites excluding steroid dienone is 1. The van der Waals surface area contributed by atoms with E-state index in [9.17, 15) is 13.2 Å². The molecule has 0 saturated heterocycles. The van der Waals surface area contributed by atoms with Crippen LogP contribution in [0.4, 0.5) is 0 Å². The number of aliphatic hydroxyl groups excluding tert-OH is 1. The highest BCUT2D eigenvalue weighted by atomic mass is 32.3. The van der Waals surface area contributed by atoms with Crippen molar-refractivity contribution in [2.45, 2.75) is 20.0 Å². The Bertz CT molecular complexity index is 302. The van der Waals surface area contributed by atoms with Crippen LogP contribution in [0.1, 0.15) is 13.8 Å². The normalized spacial score (nSPS) is 14.2. The number of carbonyl (C=O) groups is 1. The maximum absolute atomic E-state index is 10.8. The third-order valence-corrected chi connectivity index (χ3v) is 1.73. The highest BCUT2D eigenvalue weighted by molar-refractivity contribution is 7.82. The summed E-state index contributed by atoms with van der Waals surface area (Å²) < 4.78 is 29.7. The fourth-order valence-corrected chi connectivity index (χ4v) is 1.14. The first-order chi connectivity index (χ1) is 6.37. The molecule has 1 atom stereocenters. The summed E-state index contributed by atoms with van der Waals surface area (Å²) in [6, 6.07) is 0. The smallest absolute Gasteiger partial charge is 0.391 e. The standard InChI is InChI=1S/C7H12O6S/c1-3-4-7(9)13-14(10,11)12-5-6(2)8/h3-4,6,8H,5H2,1-2H3. The zero-order chi connectivity index (χ0) is 11.2. The Morgan fingerprint density at radius 3 is 2.57 bits per heavy atom. The van der Waals surface area contributed by atoms with Crippen LogP contribution in [0.3, 0.4) is 0 Å². The summed E-state index contributed by atoms with van der Waals surface area (Å²) in [7, 11) is -4.36. The number of aliphatic hydroxyl groups is 1. The Hall–Kier alpha value is -0.920. The molecular formula is C7H12O6S. The van der Waals surface area contributed by atoms with Crippen molar-refractivity contribution in [3.63, 3.8) is 0 Å². The second-order valence-corrected chi connectivity index (χ2v) is 3.66. The SMILES string of the molecule is CC=CC(=O)OS(=O)(=O)OCC(C)O. The Labute approximate surface area is 82.5 Å². The van der Waals surface area contributed by atoms with Crippen LogP contribution >= 0.6 is 0 Å². The highest BCUT2D eigenvalue weighted by Crippen LogP contribution is 1.98. The van der Waals surface area contributed by atoms with Gasteiger partial charge in [0.15, 0.2) is 0 Å². The second-order valence-electron chi connectivity index (χ2n) is 2.44. The second kappa shape index (κ2) is 5.74. The lowest BCUT2D eigenvalue weighted by Gasteiger charge is -2.05. The third-order valence-electron chi connectivity index (χ3n) is 0.941. The van der Waals surface area contributed by atoms with Crippen LogP contribution in [-0.2, 0) is 23.6 Å². The van der Waals surface area contributed by atoms with Gasteiger partial charge >= 0.3 is 16.4 Å². The fraction of sp³-hybridized carbons (Fsp3) is 0.571. The van der Waals surface area contributed by atoms with E-state index in [2.05, 4.69) is 8.37 Å². The van der Waals surface area contributed by atoms with E-state index in [0.29, 0.717) is 0 Å². The number of hydrogen-bond donors (Lipinski definition) is 1. The van der Waals surface area contributed by atoms with Crippen molar-refractivity contribution in [3.8, 4) is 0 Å². The van der Waals surface area contributed by atoms with Gasteiger partial charge in [0.2, 0.25) is 0 Å². The average Bonchev–Trinajstić information content (AvgIpc) is 2.00. The van der Waals surface area contributed by atoms with Gasteiger partial charge in [0.05, 0.1) is 12.7 Å². The zero-order valence-electron chi connectivity index (χ0n) is 7.84. The number of carbonyl (C=O) groups excluding carboxylic acids is 1. The fourth-order valence-electron chi connectivity index (χ4n) is 0.470. The Morgan fingerprint density at radius 2 is 2.14 bits per heavy atom. The van der Waals surface area contributed by atoms with Crippen LogP contribution in [0.15, 0.2) is 12.2 Å². The summed E-state index contributed by atoms with van der Waals surface area (Å²) in [5.41, 5.74) is 0. The van der Waals surface area contributed by atoms with Gasteiger partial charge in [-0.05, 0) is 13.8 Å². The Kier molecular flexibility index (Phi) is 5.36. The molecule has 1 N–H and O–H groups in total. The quantitative estimate of drug-likeness (QED) is 0.647. The molecule has 0 aromatic rings. The molecule has 0 aliphatic heterocycles. The molecule has 7 heteroatoms. The zero-order valence-corrected chi connectivity index (χ0v) is 8.65. The Morgan fingerprint density at radius 1 is 1.57 bits per heavy atom. The van der Waals surface area contributed by atoms with Gasteiger partial charge in [-0.25, -0.2) is 8.98 Å². The summed E-state index contributed by atoms with van der Waals surface area (Å²) in [5.74, 6) is -1.04. The first-order valence-corrected chi connectivity index (χ1v) is 5.14. The van der Waals surface area contributed by atoms with Crippen molar-refractivity contribution >= 4 is 16.4 Å². The topological polar surface area (TPSA) is 89.9 Å².